The van der Waals surface area contributed by atoms with Crippen molar-refractivity contribution < 1.29 is 196 Å². The molecule has 0 atom stereocenters. The molecule has 30 heavy (non-hydrogen) atoms. The largest absolute Gasteiger partial charge is 3.00 e. The maximum absolute atomic E-state index is 8.93. The molecule has 0 aliphatic carbocycles. The van der Waals surface area contributed by atoms with Crippen LogP contribution in [0.5, 0.6) is 0 Å². The molecular weight excluding hydrogens is 713 g/mol. The normalized spacial score (nSPS) is 4.40. The third-order valence-corrected chi connectivity index (χ3v) is 0.500. The van der Waals surface area contributed by atoms with Crippen LogP contribution in [0, 0.1) is 81.7 Å². The van der Waals surface area contributed by atoms with E-state index in [-0.39, 0.29) is 136 Å². The summed E-state index contributed by atoms with van der Waals surface area (Å²) in [6.45, 7) is 0. The van der Waals surface area contributed by atoms with Crippen LogP contribution in [-0.2, 0) is 28.8 Å². The summed E-state index contributed by atoms with van der Waals surface area (Å²) in [7, 11) is 0. The maximum atomic E-state index is 8.93. The molecule has 20 N–H and O–H groups in total. The van der Waals surface area contributed by atoms with Crippen molar-refractivity contribution in [3.05, 3.63) is 0 Å². The third-order valence-electron chi connectivity index (χ3n) is 0.500. The fourth-order valence-corrected chi connectivity index (χ4v) is 0. The van der Waals surface area contributed by atoms with Gasteiger partial charge in [0.2, 0.25) is 0 Å². The molecule has 0 aromatic heterocycles. The molecule has 0 heterocycles. The van der Waals surface area contributed by atoms with Gasteiger partial charge in [-0.05, 0) is 0 Å². The van der Waals surface area contributed by atoms with E-state index in [0.29, 0.717) is 0 Å². The van der Waals surface area contributed by atoms with Crippen molar-refractivity contribution >= 4 is 35.8 Å². The van der Waals surface area contributed by atoms with Crippen molar-refractivity contribution in [3.8, 4) is 0 Å². The summed E-state index contributed by atoms with van der Waals surface area (Å²) in [5.74, 6) is -13.1. The first kappa shape index (κ1) is 115. The van der Waals surface area contributed by atoms with Gasteiger partial charge in [0.1, 0.15) is 0 Å². The van der Waals surface area contributed by atoms with E-state index >= 15 is 0 Å². The Morgan fingerprint density at radius 1 is 0.267 bits per heavy atom. The number of carboxylic acid groups (broad SMARTS) is 6. The average Bonchev–Trinajstić information content (AvgIpc) is 2.18. The second-order valence-corrected chi connectivity index (χ2v) is 1.72. The van der Waals surface area contributed by atoms with E-state index in [0.717, 1.165) is 0 Å². The molecular formula is C6H20Nd2O22. The molecule has 0 amide bonds. The van der Waals surface area contributed by atoms with Gasteiger partial charge in [-0.15, -0.1) is 0 Å². The number of hydrogen-bond donors (Lipinski definition) is 0. The van der Waals surface area contributed by atoms with Crippen LogP contribution in [0.3, 0.4) is 0 Å². The quantitative estimate of drug-likeness (QED) is 0.210. The van der Waals surface area contributed by atoms with E-state index in [1.54, 1.807) is 0 Å². The third kappa shape index (κ3) is 150. The van der Waals surface area contributed by atoms with Crippen LogP contribution in [0.2, 0.25) is 0 Å². The summed E-state index contributed by atoms with van der Waals surface area (Å²) < 4.78 is 0. The van der Waals surface area contributed by atoms with Crippen LogP contribution in [0.25, 0.3) is 0 Å². The van der Waals surface area contributed by atoms with E-state index < -0.39 is 35.8 Å². The molecule has 24 heteroatoms. The second-order valence-electron chi connectivity index (χ2n) is 1.72. The van der Waals surface area contributed by atoms with E-state index in [9.17, 15) is 0 Å². The number of aliphatic carboxylic acids is 6. The fraction of sp³-hybridized carbons (Fsp3) is 0. The van der Waals surface area contributed by atoms with Gasteiger partial charge in [0, 0.05) is 0 Å². The first-order chi connectivity index (χ1) is 7.93. The van der Waals surface area contributed by atoms with E-state index in [1.165, 1.54) is 0 Å². The fourth-order valence-electron chi connectivity index (χ4n) is 0. The number of carboxylic acids is 6. The van der Waals surface area contributed by atoms with Crippen LogP contribution in [0.1, 0.15) is 0 Å². The smallest absolute Gasteiger partial charge is 0.543 e. The molecule has 0 fully saturated rings. The van der Waals surface area contributed by atoms with Crippen molar-refractivity contribution in [3.63, 3.8) is 0 Å². The predicted octanol–water partition coefficient (Wildman–Crippen LogP) is -18.8. The Hall–Kier alpha value is -0.879. The Morgan fingerprint density at radius 3 is 0.300 bits per heavy atom. The molecule has 0 spiro atoms. The van der Waals surface area contributed by atoms with Crippen molar-refractivity contribution in [2.75, 3.05) is 0 Å². The minimum atomic E-state index is -2.19. The average molecular weight is 733 g/mol. The Kier molecular flexibility index (Phi) is 272. The molecule has 184 valence electrons. The minimum Gasteiger partial charge on any atom is -0.543 e. The van der Waals surface area contributed by atoms with Crippen molar-refractivity contribution in [2.45, 2.75) is 0 Å². The van der Waals surface area contributed by atoms with Crippen LogP contribution >= 0.6 is 0 Å². The van der Waals surface area contributed by atoms with Gasteiger partial charge in [-0.2, -0.15) is 0 Å². The summed E-state index contributed by atoms with van der Waals surface area (Å²) in [4.78, 5) is 53.6. The van der Waals surface area contributed by atoms with Crippen LogP contribution in [-0.4, -0.2) is 90.6 Å². The van der Waals surface area contributed by atoms with Crippen LogP contribution < -0.4 is 30.6 Å². The van der Waals surface area contributed by atoms with Gasteiger partial charge in [-0.25, -0.2) is 0 Å². The Labute approximate surface area is 229 Å². The predicted molar refractivity (Wildman–Crippen MR) is 66.2 cm³/mol. The van der Waals surface area contributed by atoms with Gasteiger partial charge < -0.3 is 114 Å². The first-order valence-electron chi connectivity index (χ1n) is 3.20. The molecule has 0 bridgehead atoms. The Bertz CT molecular complexity index is 287. The van der Waals surface area contributed by atoms with Crippen LogP contribution in [0.15, 0.2) is 0 Å². The topological polar surface area (TPSA) is 556 Å². The Morgan fingerprint density at radius 2 is 0.300 bits per heavy atom. The number of hydrogen-bond acceptors (Lipinski definition) is 12. The Balaban J connectivity index is -0.00000000721. The molecule has 0 saturated heterocycles. The molecule has 0 unspecified atom stereocenters. The zero-order valence-corrected chi connectivity index (χ0v) is 20.3. The first-order valence-corrected chi connectivity index (χ1v) is 3.20. The summed E-state index contributed by atoms with van der Waals surface area (Å²) in [5.41, 5.74) is 0. The monoisotopic (exact) mass is 728 g/mol. The second kappa shape index (κ2) is 70.6. The van der Waals surface area contributed by atoms with Gasteiger partial charge in [0.05, 0.1) is 35.8 Å². The molecule has 2 radical (unpaired) electrons. The van der Waals surface area contributed by atoms with E-state index in [1.807, 2.05) is 0 Å². The van der Waals surface area contributed by atoms with Gasteiger partial charge in [-0.3, -0.25) is 0 Å². The standard InChI is InChI=1S/3C2H2O4.2Nd.10H2O/c3*3-1(4)2(5)6;;;;;;;;;;;;/h3*(H,3,4)(H,5,6);;;10*1H2/q;;;2*+3;;;;;;;;;;/p-6. The summed E-state index contributed by atoms with van der Waals surface area (Å²) in [5, 5.41) is 53.6. The SMILES string of the molecule is O.O.O.O.O.O.O.O.O.O.O=C([O-])C(=O)[O-].O=C([O-])C(=O)[O-].O=C([O-])C(=O)[O-].[Nd+3].[Nd+3]. The zero-order valence-electron chi connectivity index (χ0n) is 13.9. The van der Waals surface area contributed by atoms with E-state index in [2.05, 4.69) is 0 Å². The molecule has 0 rings (SSSR count). The van der Waals surface area contributed by atoms with Crippen LogP contribution in [0.4, 0.5) is 0 Å². The van der Waals surface area contributed by atoms with Gasteiger partial charge >= 0.3 is 81.7 Å². The number of rotatable bonds is 0. The maximum Gasteiger partial charge on any atom is 3.00 e. The van der Waals surface area contributed by atoms with Crippen molar-refractivity contribution in [2.24, 2.45) is 0 Å². The molecule has 0 saturated carbocycles. The van der Waals surface area contributed by atoms with Crippen molar-refractivity contribution in [1.82, 2.24) is 0 Å². The summed E-state index contributed by atoms with van der Waals surface area (Å²) in [6.07, 6.45) is 0. The molecule has 0 aliphatic heterocycles. The molecule has 0 aromatic carbocycles. The van der Waals surface area contributed by atoms with E-state index in [4.69, 9.17) is 59.4 Å². The molecule has 0 aromatic rings. The zero-order chi connectivity index (χ0) is 15.5. The number of carbonyl (C=O) groups is 6. The van der Waals surface area contributed by atoms with Gasteiger partial charge in [0.25, 0.3) is 0 Å². The van der Waals surface area contributed by atoms with Gasteiger partial charge in [0.15, 0.2) is 0 Å². The minimum absolute atomic E-state index is 0. The molecule has 22 nitrogen and oxygen atoms in total. The molecule has 0 aliphatic rings. The van der Waals surface area contributed by atoms with Gasteiger partial charge in [-0.1, -0.05) is 0 Å². The summed E-state index contributed by atoms with van der Waals surface area (Å²) in [6, 6.07) is 0. The summed E-state index contributed by atoms with van der Waals surface area (Å²) >= 11 is 0. The van der Waals surface area contributed by atoms with Crippen molar-refractivity contribution in [1.29, 1.82) is 0 Å². The number of carbonyl (C=O) groups excluding carboxylic acids is 6.